The second kappa shape index (κ2) is 9.49. The number of nitrogens with two attached hydrogens (primary N) is 1. The summed E-state index contributed by atoms with van der Waals surface area (Å²) in [5.41, 5.74) is 7.93. The van der Waals surface area contributed by atoms with Crippen molar-refractivity contribution in [3.05, 3.63) is 82.9 Å². The maximum absolute atomic E-state index is 11.1. The number of nitrogens with zero attached hydrogens (tertiary/aromatic N) is 1. The molecule has 0 spiro atoms. The van der Waals surface area contributed by atoms with Gasteiger partial charge in [0, 0.05) is 11.6 Å². The van der Waals surface area contributed by atoms with Crippen LogP contribution in [0.2, 0.25) is 0 Å². The van der Waals surface area contributed by atoms with Crippen molar-refractivity contribution in [1.82, 2.24) is 4.98 Å². The highest BCUT2D eigenvalue weighted by Crippen LogP contribution is 2.27. The average Bonchev–Trinajstić information content (AvgIpc) is 3.19. The van der Waals surface area contributed by atoms with Crippen LogP contribution in [0, 0.1) is 6.92 Å². The standard InChI is InChI=1S/C24H22N2O4S/c1-16-6-4-7-17(24(16)30-14-22(25)27)13-28-18-8-5-9-19(12-18)29-15-23-26-20-10-2-3-11-21(20)31-23/h2-12H,13-15H2,1H3,(H2,25,27). The van der Waals surface area contributed by atoms with E-state index in [-0.39, 0.29) is 13.2 Å². The maximum atomic E-state index is 11.1. The minimum Gasteiger partial charge on any atom is -0.489 e. The van der Waals surface area contributed by atoms with E-state index >= 15 is 0 Å². The average molecular weight is 435 g/mol. The third-order valence-corrected chi connectivity index (χ3v) is 5.56. The first-order valence-corrected chi connectivity index (χ1v) is 10.6. The van der Waals surface area contributed by atoms with Gasteiger partial charge < -0.3 is 19.9 Å². The SMILES string of the molecule is Cc1cccc(COc2cccc(OCc3nc4ccccc4s3)c2)c1OCC(N)=O. The number of rotatable bonds is 9. The maximum Gasteiger partial charge on any atom is 0.255 e. The Morgan fingerprint density at radius 2 is 1.68 bits per heavy atom. The molecule has 0 fully saturated rings. The zero-order chi connectivity index (χ0) is 21.6. The van der Waals surface area contributed by atoms with Crippen LogP contribution in [-0.2, 0) is 18.0 Å². The summed E-state index contributed by atoms with van der Waals surface area (Å²) in [7, 11) is 0. The van der Waals surface area contributed by atoms with E-state index in [4.69, 9.17) is 19.9 Å². The first kappa shape index (κ1) is 20.7. The molecule has 2 N–H and O–H groups in total. The van der Waals surface area contributed by atoms with E-state index in [2.05, 4.69) is 11.1 Å². The van der Waals surface area contributed by atoms with Gasteiger partial charge in [-0.05, 0) is 36.8 Å². The summed E-state index contributed by atoms with van der Waals surface area (Å²) in [5.74, 6) is 1.47. The molecule has 0 atom stereocenters. The van der Waals surface area contributed by atoms with Crippen LogP contribution >= 0.6 is 11.3 Å². The third kappa shape index (κ3) is 5.32. The smallest absolute Gasteiger partial charge is 0.255 e. The van der Waals surface area contributed by atoms with Crippen molar-refractivity contribution in [3.63, 3.8) is 0 Å². The third-order valence-electron chi connectivity index (χ3n) is 4.55. The number of aromatic nitrogens is 1. The van der Waals surface area contributed by atoms with Crippen molar-refractivity contribution in [2.45, 2.75) is 20.1 Å². The quantitative estimate of drug-likeness (QED) is 0.415. The number of hydrogen-bond donors (Lipinski definition) is 1. The van der Waals surface area contributed by atoms with Crippen LogP contribution in [0.3, 0.4) is 0 Å². The van der Waals surface area contributed by atoms with E-state index in [1.807, 2.05) is 67.6 Å². The Morgan fingerprint density at radius 3 is 2.45 bits per heavy atom. The highest BCUT2D eigenvalue weighted by atomic mass is 32.1. The van der Waals surface area contributed by atoms with Gasteiger partial charge in [0.2, 0.25) is 0 Å². The van der Waals surface area contributed by atoms with Gasteiger partial charge in [0.15, 0.2) is 6.61 Å². The Kier molecular flexibility index (Phi) is 6.33. The lowest BCUT2D eigenvalue weighted by Crippen LogP contribution is -2.21. The number of para-hydroxylation sites is 2. The van der Waals surface area contributed by atoms with E-state index in [1.165, 1.54) is 0 Å². The van der Waals surface area contributed by atoms with Crippen LogP contribution in [0.15, 0.2) is 66.7 Å². The molecular formula is C24H22N2O4S. The van der Waals surface area contributed by atoms with Crippen LogP contribution in [0.5, 0.6) is 17.2 Å². The molecule has 0 aliphatic rings. The number of primary amides is 1. The Morgan fingerprint density at radius 1 is 0.935 bits per heavy atom. The normalized spacial score (nSPS) is 10.7. The summed E-state index contributed by atoms with van der Waals surface area (Å²) >= 11 is 1.62. The Labute approximate surface area is 184 Å². The van der Waals surface area contributed by atoms with E-state index < -0.39 is 5.91 Å². The van der Waals surface area contributed by atoms with E-state index in [1.54, 1.807) is 11.3 Å². The van der Waals surface area contributed by atoms with Crippen LogP contribution in [0.1, 0.15) is 16.1 Å². The molecule has 7 heteroatoms. The molecule has 158 valence electrons. The first-order chi connectivity index (χ1) is 15.1. The van der Waals surface area contributed by atoms with Gasteiger partial charge >= 0.3 is 0 Å². The summed E-state index contributed by atoms with van der Waals surface area (Å²) in [6.45, 7) is 2.42. The van der Waals surface area contributed by atoms with E-state index in [9.17, 15) is 4.79 Å². The van der Waals surface area contributed by atoms with Crippen LogP contribution < -0.4 is 19.9 Å². The Hall–Kier alpha value is -3.58. The molecule has 1 aromatic heterocycles. The number of carbonyl (C=O) groups excluding carboxylic acids is 1. The number of fused-ring (bicyclic) bond motifs is 1. The van der Waals surface area contributed by atoms with Crippen molar-refractivity contribution in [2.24, 2.45) is 5.73 Å². The van der Waals surface area contributed by atoms with Crippen LogP contribution in [0.4, 0.5) is 0 Å². The second-order valence-corrected chi connectivity index (χ2v) is 8.06. The van der Waals surface area contributed by atoms with E-state index in [0.717, 1.165) is 26.4 Å². The fraction of sp³-hybridized carbons (Fsp3) is 0.167. The number of thiazole rings is 1. The molecule has 0 saturated heterocycles. The Balaban J connectivity index is 1.40. The molecule has 0 aliphatic heterocycles. The van der Waals surface area contributed by atoms with Crippen molar-refractivity contribution in [1.29, 1.82) is 0 Å². The lowest BCUT2D eigenvalue weighted by Gasteiger charge is -2.14. The van der Waals surface area contributed by atoms with Gasteiger partial charge in [0.05, 0.1) is 10.2 Å². The minimum atomic E-state index is -0.520. The fourth-order valence-electron chi connectivity index (χ4n) is 3.12. The minimum absolute atomic E-state index is 0.174. The molecule has 1 heterocycles. The van der Waals surface area contributed by atoms with Gasteiger partial charge in [-0.15, -0.1) is 11.3 Å². The highest BCUT2D eigenvalue weighted by Gasteiger charge is 2.10. The number of aryl methyl sites for hydroxylation is 1. The number of hydrogen-bond acceptors (Lipinski definition) is 6. The zero-order valence-corrected chi connectivity index (χ0v) is 17.9. The molecule has 0 aliphatic carbocycles. The predicted octanol–water partition coefficient (Wildman–Crippen LogP) is 4.63. The summed E-state index contributed by atoms with van der Waals surface area (Å²) in [5, 5.41) is 0.920. The zero-order valence-electron chi connectivity index (χ0n) is 17.0. The number of ether oxygens (including phenoxy) is 3. The lowest BCUT2D eigenvalue weighted by molar-refractivity contribution is -0.119. The number of amides is 1. The van der Waals surface area contributed by atoms with E-state index in [0.29, 0.717) is 23.9 Å². The molecule has 0 radical (unpaired) electrons. The van der Waals surface area contributed by atoms with Gasteiger partial charge in [-0.2, -0.15) is 0 Å². The van der Waals surface area contributed by atoms with Crippen molar-refractivity contribution in [2.75, 3.05) is 6.61 Å². The van der Waals surface area contributed by atoms with Crippen molar-refractivity contribution < 1.29 is 19.0 Å². The second-order valence-electron chi connectivity index (χ2n) is 6.95. The summed E-state index contributed by atoms with van der Waals surface area (Å²) in [6, 6.07) is 21.2. The van der Waals surface area contributed by atoms with Crippen molar-refractivity contribution in [3.8, 4) is 17.2 Å². The molecule has 6 nitrogen and oxygen atoms in total. The van der Waals surface area contributed by atoms with Crippen LogP contribution in [-0.4, -0.2) is 17.5 Å². The number of carbonyl (C=O) groups is 1. The van der Waals surface area contributed by atoms with Crippen LogP contribution in [0.25, 0.3) is 10.2 Å². The topological polar surface area (TPSA) is 83.7 Å². The summed E-state index contributed by atoms with van der Waals surface area (Å²) < 4.78 is 18.6. The predicted molar refractivity (Wildman–Crippen MR) is 121 cm³/mol. The largest absolute Gasteiger partial charge is 0.489 e. The highest BCUT2D eigenvalue weighted by molar-refractivity contribution is 7.18. The lowest BCUT2D eigenvalue weighted by atomic mass is 10.1. The summed E-state index contributed by atoms with van der Waals surface area (Å²) in [4.78, 5) is 15.7. The van der Waals surface area contributed by atoms with Gasteiger partial charge in [-0.1, -0.05) is 36.4 Å². The monoisotopic (exact) mass is 434 g/mol. The molecule has 4 rings (SSSR count). The molecule has 0 saturated carbocycles. The molecule has 1 amide bonds. The molecule has 31 heavy (non-hydrogen) atoms. The number of benzene rings is 3. The first-order valence-electron chi connectivity index (χ1n) is 9.78. The van der Waals surface area contributed by atoms with Gasteiger partial charge in [0.25, 0.3) is 5.91 Å². The van der Waals surface area contributed by atoms with Gasteiger partial charge in [0.1, 0.15) is 35.5 Å². The molecule has 0 bridgehead atoms. The fourth-order valence-corrected chi connectivity index (χ4v) is 4.00. The van der Waals surface area contributed by atoms with Gasteiger partial charge in [-0.3, -0.25) is 4.79 Å². The van der Waals surface area contributed by atoms with Gasteiger partial charge in [-0.25, -0.2) is 4.98 Å². The van der Waals surface area contributed by atoms with Crippen molar-refractivity contribution >= 4 is 27.5 Å². The molecule has 3 aromatic carbocycles. The molecule has 0 unspecified atom stereocenters. The summed E-state index contributed by atoms with van der Waals surface area (Å²) in [6.07, 6.45) is 0. The molecular weight excluding hydrogens is 412 g/mol. The Bertz CT molecular complexity index is 1170. The molecule has 4 aromatic rings.